The maximum absolute atomic E-state index is 13.3. The molecule has 0 aliphatic carbocycles. The first-order valence-electron chi connectivity index (χ1n) is 6.30. The largest absolute Gasteiger partial charge is 0.312 e. The van der Waals surface area contributed by atoms with E-state index in [2.05, 4.69) is 10.3 Å². The molecule has 0 spiro atoms. The van der Waals surface area contributed by atoms with Crippen molar-refractivity contribution in [1.29, 1.82) is 0 Å². The molecular weight excluding hydrogens is 282 g/mol. The molecule has 1 aromatic carbocycles. The summed E-state index contributed by atoms with van der Waals surface area (Å²) in [5.74, 6) is -1.67. The van der Waals surface area contributed by atoms with E-state index in [0.717, 1.165) is 36.8 Å². The zero-order valence-electron chi connectivity index (χ0n) is 11.0. The van der Waals surface area contributed by atoms with Crippen molar-refractivity contribution in [2.75, 3.05) is 6.54 Å². The number of fused-ring (bicyclic) bond motifs is 1. The van der Waals surface area contributed by atoms with Gasteiger partial charge in [0, 0.05) is 30.8 Å². The minimum Gasteiger partial charge on any atom is -0.312 e. The van der Waals surface area contributed by atoms with Gasteiger partial charge in [-0.2, -0.15) is 0 Å². The van der Waals surface area contributed by atoms with Crippen LogP contribution in [-0.2, 0) is 13.0 Å². The number of hydrogen-bond acceptors (Lipinski definition) is 2. The van der Waals surface area contributed by atoms with Crippen molar-refractivity contribution in [2.24, 2.45) is 0 Å². The van der Waals surface area contributed by atoms with Gasteiger partial charge in [0.05, 0.1) is 5.69 Å². The summed E-state index contributed by atoms with van der Waals surface area (Å²) in [7, 11) is 0. The molecule has 1 aliphatic rings. The third kappa shape index (κ3) is 2.67. The van der Waals surface area contributed by atoms with Crippen molar-refractivity contribution < 1.29 is 8.78 Å². The fraction of sp³-hybridized carbons (Fsp3) is 0.267. The van der Waals surface area contributed by atoms with Gasteiger partial charge in [0.15, 0.2) is 11.6 Å². The quantitative estimate of drug-likeness (QED) is 0.872. The van der Waals surface area contributed by atoms with Crippen molar-refractivity contribution in [3.63, 3.8) is 0 Å². The first kappa shape index (κ1) is 14.9. The highest BCUT2D eigenvalue weighted by molar-refractivity contribution is 5.85. The van der Waals surface area contributed by atoms with E-state index in [-0.39, 0.29) is 12.4 Å². The standard InChI is InChI=1S/C15H14F2N2.ClH/c1-9-6-15(10-2-3-12(16)13(17)7-10)19-14-4-5-18-8-11(9)14;/h2-3,6-7,18H,4-5,8H2,1H3;1H. The summed E-state index contributed by atoms with van der Waals surface area (Å²) in [5, 5.41) is 3.31. The smallest absolute Gasteiger partial charge is 0.159 e. The Labute approximate surface area is 122 Å². The van der Waals surface area contributed by atoms with E-state index < -0.39 is 11.6 Å². The highest BCUT2D eigenvalue weighted by Crippen LogP contribution is 2.25. The summed E-state index contributed by atoms with van der Waals surface area (Å²) < 4.78 is 26.3. The predicted molar refractivity (Wildman–Crippen MR) is 77.0 cm³/mol. The zero-order valence-corrected chi connectivity index (χ0v) is 11.9. The molecule has 0 unspecified atom stereocenters. The lowest BCUT2D eigenvalue weighted by molar-refractivity contribution is 0.509. The van der Waals surface area contributed by atoms with Crippen LogP contribution >= 0.6 is 12.4 Å². The molecule has 5 heteroatoms. The first-order valence-corrected chi connectivity index (χ1v) is 6.30. The van der Waals surface area contributed by atoms with Gasteiger partial charge >= 0.3 is 0 Å². The highest BCUT2D eigenvalue weighted by Gasteiger charge is 2.15. The topological polar surface area (TPSA) is 24.9 Å². The lowest BCUT2D eigenvalue weighted by Gasteiger charge is -2.19. The molecule has 2 nitrogen and oxygen atoms in total. The van der Waals surface area contributed by atoms with E-state index in [1.54, 1.807) is 6.07 Å². The molecule has 1 aromatic heterocycles. The van der Waals surface area contributed by atoms with E-state index in [1.807, 2.05) is 13.0 Å². The van der Waals surface area contributed by atoms with Crippen LogP contribution in [0.1, 0.15) is 16.8 Å². The SMILES string of the molecule is Cc1cc(-c2ccc(F)c(F)c2)nc2c1CNCC2.Cl. The van der Waals surface area contributed by atoms with Crippen LogP contribution in [0.2, 0.25) is 0 Å². The molecule has 0 amide bonds. The van der Waals surface area contributed by atoms with Crippen molar-refractivity contribution in [2.45, 2.75) is 19.9 Å². The minimum absolute atomic E-state index is 0. The number of nitrogens with zero attached hydrogens (tertiary/aromatic N) is 1. The average molecular weight is 297 g/mol. The van der Waals surface area contributed by atoms with Crippen LogP contribution in [-0.4, -0.2) is 11.5 Å². The summed E-state index contributed by atoms with van der Waals surface area (Å²) in [5.41, 5.74) is 4.73. The summed E-state index contributed by atoms with van der Waals surface area (Å²) in [6.45, 7) is 3.75. The summed E-state index contributed by atoms with van der Waals surface area (Å²) >= 11 is 0. The van der Waals surface area contributed by atoms with Gasteiger partial charge in [0.2, 0.25) is 0 Å². The normalized spacial score (nSPS) is 13.6. The van der Waals surface area contributed by atoms with Crippen LogP contribution in [0.3, 0.4) is 0 Å². The molecule has 0 saturated carbocycles. The fourth-order valence-corrected chi connectivity index (χ4v) is 2.44. The van der Waals surface area contributed by atoms with Crippen LogP contribution in [0.15, 0.2) is 24.3 Å². The van der Waals surface area contributed by atoms with Crippen LogP contribution in [0.4, 0.5) is 8.78 Å². The molecule has 1 N–H and O–H groups in total. The Hall–Kier alpha value is -1.52. The van der Waals surface area contributed by atoms with Crippen molar-refractivity contribution in [3.8, 4) is 11.3 Å². The molecule has 2 heterocycles. The Morgan fingerprint density at radius 3 is 2.70 bits per heavy atom. The summed E-state index contributed by atoms with van der Waals surface area (Å²) in [6.07, 6.45) is 0.869. The number of aryl methyl sites for hydroxylation is 1. The van der Waals surface area contributed by atoms with Gasteiger partial charge in [-0.3, -0.25) is 4.98 Å². The number of benzene rings is 1. The Kier molecular flexibility index (Phi) is 4.35. The van der Waals surface area contributed by atoms with Crippen molar-refractivity contribution in [1.82, 2.24) is 10.3 Å². The van der Waals surface area contributed by atoms with E-state index >= 15 is 0 Å². The molecule has 0 radical (unpaired) electrons. The summed E-state index contributed by atoms with van der Waals surface area (Å²) in [4.78, 5) is 4.59. The highest BCUT2D eigenvalue weighted by atomic mass is 35.5. The summed E-state index contributed by atoms with van der Waals surface area (Å²) in [6, 6.07) is 5.83. The molecule has 106 valence electrons. The van der Waals surface area contributed by atoms with Crippen LogP contribution < -0.4 is 5.32 Å². The van der Waals surface area contributed by atoms with Crippen molar-refractivity contribution >= 4 is 12.4 Å². The van der Waals surface area contributed by atoms with Gasteiger partial charge in [-0.1, -0.05) is 0 Å². The van der Waals surface area contributed by atoms with Crippen LogP contribution in [0, 0.1) is 18.6 Å². The molecular formula is C15H15ClF2N2. The molecule has 1 aliphatic heterocycles. The van der Waals surface area contributed by atoms with Gasteiger partial charge in [0.25, 0.3) is 0 Å². The monoisotopic (exact) mass is 296 g/mol. The molecule has 0 bridgehead atoms. The van der Waals surface area contributed by atoms with Gasteiger partial charge in [-0.05, 0) is 42.3 Å². The van der Waals surface area contributed by atoms with E-state index in [4.69, 9.17) is 0 Å². The van der Waals surface area contributed by atoms with Gasteiger partial charge < -0.3 is 5.32 Å². The van der Waals surface area contributed by atoms with Gasteiger partial charge in [-0.15, -0.1) is 12.4 Å². The Bertz CT molecular complexity index is 644. The first-order chi connectivity index (χ1) is 9.15. The van der Waals surface area contributed by atoms with Gasteiger partial charge in [-0.25, -0.2) is 8.78 Å². The second-order valence-corrected chi connectivity index (χ2v) is 4.81. The number of halogens is 3. The number of rotatable bonds is 1. The lowest BCUT2D eigenvalue weighted by Crippen LogP contribution is -2.25. The minimum atomic E-state index is -0.837. The van der Waals surface area contributed by atoms with E-state index in [0.29, 0.717) is 11.3 Å². The number of hydrogen-bond donors (Lipinski definition) is 1. The molecule has 0 fully saturated rings. The zero-order chi connectivity index (χ0) is 13.4. The Morgan fingerprint density at radius 1 is 1.15 bits per heavy atom. The van der Waals surface area contributed by atoms with Crippen LogP contribution in [0.5, 0.6) is 0 Å². The van der Waals surface area contributed by atoms with Crippen LogP contribution in [0.25, 0.3) is 11.3 Å². The third-order valence-corrected chi connectivity index (χ3v) is 3.49. The Balaban J connectivity index is 0.00000147. The molecule has 3 rings (SSSR count). The second kappa shape index (κ2) is 5.85. The van der Waals surface area contributed by atoms with E-state index in [1.165, 1.54) is 11.6 Å². The molecule has 0 atom stereocenters. The van der Waals surface area contributed by atoms with Gasteiger partial charge in [0.1, 0.15) is 0 Å². The number of nitrogens with one attached hydrogen (secondary N) is 1. The molecule has 2 aromatic rings. The van der Waals surface area contributed by atoms with E-state index in [9.17, 15) is 8.78 Å². The fourth-order valence-electron chi connectivity index (χ4n) is 2.44. The maximum atomic E-state index is 13.3. The maximum Gasteiger partial charge on any atom is 0.159 e. The third-order valence-electron chi connectivity index (χ3n) is 3.49. The lowest BCUT2D eigenvalue weighted by atomic mass is 9.99. The molecule has 0 saturated heterocycles. The average Bonchev–Trinajstić information content (AvgIpc) is 2.42. The van der Waals surface area contributed by atoms with Crippen molar-refractivity contribution in [3.05, 3.63) is 52.7 Å². The second-order valence-electron chi connectivity index (χ2n) is 4.81. The number of pyridine rings is 1. The number of aromatic nitrogens is 1. The Morgan fingerprint density at radius 2 is 1.95 bits per heavy atom. The molecule has 20 heavy (non-hydrogen) atoms. The predicted octanol–water partition coefficient (Wildman–Crippen LogP) is 3.40.